The van der Waals surface area contributed by atoms with Gasteiger partial charge in [0.05, 0.1) is 6.10 Å². The van der Waals surface area contributed by atoms with Crippen LogP contribution in [-0.4, -0.2) is 29.2 Å². The molecule has 16 heavy (non-hydrogen) atoms. The number of hydrogen-bond donors (Lipinski definition) is 1. The van der Waals surface area contributed by atoms with E-state index in [2.05, 4.69) is 36.1 Å². The molecule has 0 saturated carbocycles. The summed E-state index contributed by atoms with van der Waals surface area (Å²) in [6.07, 6.45) is 2.83. The molecule has 1 unspecified atom stereocenters. The smallest absolute Gasteiger partial charge is 0.0573 e. The zero-order valence-corrected chi connectivity index (χ0v) is 9.82. The Morgan fingerprint density at radius 1 is 1.31 bits per heavy atom. The van der Waals surface area contributed by atoms with Crippen LogP contribution in [0.25, 0.3) is 0 Å². The van der Waals surface area contributed by atoms with E-state index in [1.54, 1.807) is 0 Å². The van der Waals surface area contributed by atoms with E-state index in [0.717, 1.165) is 32.4 Å². The van der Waals surface area contributed by atoms with E-state index in [1.165, 1.54) is 11.1 Å². The molecule has 2 aliphatic heterocycles. The Kier molecular flexibility index (Phi) is 2.30. The lowest BCUT2D eigenvalue weighted by atomic mass is 9.75. The van der Waals surface area contributed by atoms with E-state index in [4.69, 9.17) is 0 Å². The van der Waals surface area contributed by atoms with Crippen molar-refractivity contribution >= 4 is 0 Å². The Hall–Kier alpha value is -0.860. The lowest BCUT2D eigenvalue weighted by molar-refractivity contribution is -0.0212. The van der Waals surface area contributed by atoms with E-state index in [0.29, 0.717) is 0 Å². The largest absolute Gasteiger partial charge is 0.393 e. The van der Waals surface area contributed by atoms with Gasteiger partial charge >= 0.3 is 0 Å². The minimum atomic E-state index is -0.132. The van der Waals surface area contributed by atoms with E-state index in [9.17, 15) is 5.11 Å². The van der Waals surface area contributed by atoms with Gasteiger partial charge in [-0.25, -0.2) is 0 Å². The summed E-state index contributed by atoms with van der Waals surface area (Å²) in [6.45, 7) is 4.46. The van der Waals surface area contributed by atoms with Crippen LogP contribution < -0.4 is 0 Å². The van der Waals surface area contributed by atoms with Gasteiger partial charge in [0.2, 0.25) is 0 Å². The second kappa shape index (κ2) is 3.57. The number of benzene rings is 1. The van der Waals surface area contributed by atoms with Crippen LogP contribution in [-0.2, 0) is 12.0 Å². The SMILES string of the molecule is C[C@@]12CC(O)CCN1CCc1ccccc12. The Morgan fingerprint density at radius 3 is 3.00 bits per heavy atom. The lowest BCUT2D eigenvalue weighted by Gasteiger charge is -2.50. The van der Waals surface area contributed by atoms with Crippen molar-refractivity contribution in [3.8, 4) is 0 Å². The van der Waals surface area contributed by atoms with Gasteiger partial charge in [-0.1, -0.05) is 24.3 Å². The molecular formula is C14H19NO. The van der Waals surface area contributed by atoms with Crippen molar-refractivity contribution in [2.24, 2.45) is 0 Å². The van der Waals surface area contributed by atoms with Gasteiger partial charge < -0.3 is 5.11 Å². The standard InChI is InChI=1S/C14H19NO/c1-14-10-12(16)7-9-15(14)8-6-11-4-2-3-5-13(11)14/h2-5,12,16H,6-10H2,1H3/t12?,14-/m0/s1. The summed E-state index contributed by atoms with van der Waals surface area (Å²) < 4.78 is 0. The molecule has 0 spiro atoms. The third kappa shape index (κ3) is 1.40. The second-order valence-corrected chi connectivity index (χ2v) is 5.31. The lowest BCUT2D eigenvalue weighted by Crippen LogP contribution is -2.54. The molecule has 1 aromatic carbocycles. The fraction of sp³-hybridized carbons (Fsp3) is 0.571. The number of aliphatic hydroxyl groups excluding tert-OH is 1. The Bertz CT molecular complexity index is 403. The monoisotopic (exact) mass is 217 g/mol. The summed E-state index contributed by atoms with van der Waals surface area (Å²) in [5.74, 6) is 0. The summed E-state index contributed by atoms with van der Waals surface area (Å²) in [4.78, 5) is 2.54. The van der Waals surface area contributed by atoms with Gasteiger partial charge in [0.1, 0.15) is 0 Å². The highest BCUT2D eigenvalue weighted by Gasteiger charge is 2.42. The molecule has 0 aromatic heterocycles. The highest BCUT2D eigenvalue weighted by molar-refractivity contribution is 5.36. The zero-order valence-electron chi connectivity index (χ0n) is 9.82. The number of nitrogens with zero attached hydrogens (tertiary/aromatic N) is 1. The molecule has 2 atom stereocenters. The van der Waals surface area contributed by atoms with E-state index >= 15 is 0 Å². The summed E-state index contributed by atoms with van der Waals surface area (Å²) in [5.41, 5.74) is 2.96. The van der Waals surface area contributed by atoms with Crippen LogP contribution in [0.1, 0.15) is 30.9 Å². The van der Waals surface area contributed by atoms with Gasteiger partial charge in [0, 0.05) is 18.6 Å². The third-order valence-corrected chi connectivity index (χ3v) is 4.31. The van der Waals surface area contributed by atoms with E-state index in [-0.39, 0.29) is 11.6 Å². The quantitative estimate of drug-likeness (QED) is 0.717. The van der Waals surface area contributed by atoms with Crippen molar-refractivity contribution in [1.29, 1.82) is 0 Å². The topological polar surface area (TPSA) is 23.5 Å². The maximum atomic E-state index is 9.91. The minimum absolute atomic E-state index is 0.0620. The van der Waals surface area contributed by atoms with Gasteiger partial charge in [-0.2, -0.15) is 0 Å². The predicted octanol–water partition coefficient (Wildman–Crippen LogP) is 1.91. The molecular weight excluding hydrogens is 198 g/mol. The predicted molar refractivity (Wildman–Crippen MR) is 64.3 cm³/mol. The molecule has 2 heteroatoms. The highest BCUT2D eigenvalue weighted by Crippen LogP contribution is 2.41. The van der Waals surface area contributed by atoms with Crippen LogP contribution >= 0.6 is 0 Å². The third-order valence-electron chi connectivity index (χ3n) is 4.31. The van der Waals surface area contributed by atoms with Gasteiger partial charge in [0.25, 0.3) is 0 Å². The second-order valence-electron chi connectivity index (χ2n) is 5.31. The van der Waals surface area contributed by atoms with E-state index in [1.807, 2.05) is 0 Å². The van der Waals surface area contributed by atoms with Crippen LogP contribution in [0.4, 0.5) is 0 Å². The normalized spacial score (nSPS) is 34.2. The summed E-state index contributed by atoms with van der Waals surface area (Å²) in [6, 6.07) is 8.71. The molecule has 3 rings (SSSR count). The summed E-state index contributed by atoms with van der Waals surface area (Å²) in [5, 5.41) is 9.91. The van der Waals surface area contributed by atoms with Crippen LogP contribution in [0.2, 0.25) is 0 Å². The first-order valence-electron chi connectivity index (χ1n) is 6.22. The first-order valence-corrected chi connectivity index (χ1v) is 6.22. The van der Waals surface area contributed by atoms with Crippen LogP contribution in [0.5, 0.6) is 0 Å². The molecule has 1 fully saturated rings. The number of aliphatic hydroxyl groups is 1. The molecule has 2 aliphatic rings. The van der Waals surface area contributed by atoms with Crippen molar-refractivity contribution in [3.05, 3.63) is 35.4 Å². The fourth-order valence-electron chi connectivity index (χ4n) is 3.40. The Morgan fingerprint density at radius 2 is 2.12 bits per heavy atom. The molecule has 2 nitrogen and oxygen atoms in total. The molecule has 0 amide bonds. The first kappa shape index (κ1) is 10.3. The minimum Gasteiger partial charge on any atom is -0.393 e. The van der Waals surface area contributed by atoms with Gasteiger partial charge in [0.15, 0.2) is 0 Å². The van der Waals surface area contributed by atoms with Crippen LogP contribution in [0.15, 0.2) is 24.3 Å². The maximum Gasteiger partial charge on any atom is 0.0573 e. The van der Waals surface area contributed by atoms with Crippen molar-refractivity contribution < 1.29 is 5.11 Å². The van der Waals surface area contributed by atoms with Crippen LogP contribution in [0.3, 0.4) is 0 Å². The average molecular weight is 217 g/mol. The first-order chi connectivity index (χ1) is 7.70. The Labute approximate surface area is 96.9 Å². The fourth-order valence-corrected chi connectivity index (χ4v) is 3.40. The molecule has 1 aromatic rings. The van der Waals surface area contributed by atoms with Crippen molar-refractivity contribution in [2.45, 2.75) is 37.8 Å². The van der Waals surface area contributed by atoms with Crippen molar-refractivity contribution in [3.63, 3.8) is 0 Å². The van der Waals surface area contributed by atoms with E-state index < -0.39 is 0 Å². The van der Waals surface area contributed by atoms with Crippen molar-refractivity contribution in [1.82, 2.24) is 4.90 Å². The average Bonchev–Trinajstić information content (AvgIpc) is 2.28. The molecule has 1 N–H and O–H groups in total. The summed E-state index contributed by atoms with van der Waals surface area (Å²) in [7, 11) is 0. The van der Waals surface area contributed by atoms with Crippen molar-refractivity contribution in [2.75, 3.05) is 13.1 Å². The Balaban J connectivity index is 2.07. The molecule has 0 bridgehead atoms. The number of rotatable bonds is 0. The van der Waals surface area contributed by atoms with Crippen LogP contribution in [0, 0.1) is 0 Å². The van der Waals surface area contributed by atoms with Gasteiger partial charge in [-0.15, -0.1) is 0 Å². The molecule has 0 radical (unpaired) electrons. The molecule has 86 valence electrons. The maximum absolute atomic E-state index is 9.91. The van der Waals surface area contributed by atoms with Gasteiger partial charge in [-0.3, -0.25) is 4.90 Å². The molecule has 2 heterocycles. The molecule has 0 aliphatic carbocycles. The number of piperidine rings is 1. The molecule has 1 saturated heterocycles. The van der Waals surface area contributed by atoms with Gasteiger partial charge in [-0.05, 0) is 37.3 Å². The highest BCUT2D eigenvalue weighted by atomic mass is 16.3. The number of hydrogen-bond acceptors (Lipinski definition) is 2. The number of fused-ring (bicyclic) bond motifs is 3. The zero-order chi connectivity index (χ0) is 11.2. The summed E-state index contributed by atoms with van der Waals surface area (Å²) >= 11 is 0.